The Morgan fingerprint density at radius 1 is 1.36 bits per heavy atom. The third kappa shape index (κ3) is 2.57. The van der Waals surface area contributed by atoms with Crippen molar-refractivity contribution >= 4 is 5.78 Å². The van der Waals surface area contributed by atoms with Crippen LogP contribution in [-0.2, 0) is 0 Å². The molecule has 0 spiro atoms. The molecule has 14 heavy (non-hydrogen) atoms. The van der Waals surface area contributed by atoms with Gasteiger partial charge in [0.1, 0.15) is 5.75 Å². The molecule has 0 amide bonds. The molecule has 1 rings (SSSR count). The number of Topliss-reactive ketones (excluding diaryl/α,β-unsaturated/α-hetero) is 1. The standard InChI is InChI=1S/C11H15NO2/c1-12(2)8-10(13)9-6-4-5-7-11(9)14-3/h4-7H,8H2,1-3H3. The zero-order valence-electron chi connectivity index (χ0n) is 8.78. The molecular weight excluding hydrogens is 178 g/mol. The van der Waals surface area contributed by atoms with E-state index in [9.17, 15) is 4.79 Å². The van der Waals surface area contributed by atoms with Gasteiger partial charge in [0.05, 0.1) is 19.2 Å². The van der Waals surface area contributed by atoms with Gasteiger partial charge in [0.2, 0.25) is 0 Å². The van der Waals surface area contributed by atoms with Crippen LogP contribution in [0.5, 0.6) is 5.75 Å². The Bertz CT molecular complexity index is 321. The van der Waals surface area contributed by atoms with E-state index in [-0.39, 0.29) is 5.78 Å². The van der Waals surface area contributed by atoms with E-state index in [4.69, 9.17) is 4.74 Å². The number of carbonyl (C=O) groups is 1. The summed E-state index contributed by atoms with van der Waals surface area (Å²) in [5, 5.41) is 0. The molecule has 76 valence electrons. The molecule has 0 aliphatic carbocycles. The van der Waals surface area contributed by atoms with Crippen molar-refractivity contribution in [2.45, 2.75) is 0 Å². The molecule has 0 unspecified atom stereocenters. The SMILES string of the molecule is COc1ccccc1C(=O)CN(C)C. The highest BCUT2D eigenvalue weighted by atomic mass is 16.5. The molecular formula is C11H15NO2. The lowest BCUT2D eigenvalue weighted by molar-refractivity contribution is 0.0955. The minimum Gasteiger partial charge on any atom is -0.496 e. The van der Waals surface area contributed by atoms with Crippen LogP contribution < -0.4 is 4.74 Å². The maximum atomic E-state index is 11.7. The largest absolute Gasteiger partial charge is 0.496 e. The van der Waals surface area contributed by atoms with Crippen LogP contribution in [0.15, 0.2) is 24.3 Å². The van der Waals surface area contributed by atoms with Gasteiger partial charge in [-0.05, 0) is 26.2 Å². The zero-order chi connectivity index (χ0) is 10.6. The Hall–Kier alpha value is -1.35. The van der Waals surface area contributed by atoms with E-state index in [1.165, 1.54) is 0 Å². The number of benzene rings is 1. The van der Waals surface area contributed by atoms with Gasteiger partial charge in [0.25, 0.3) is 0 Å². The first-order valence-corrected chi connectivity index (χ1v) is 4.46. The van der Waals surface area contributed by atoms with Crippen LogP contribution in [0.3, 0.4) is 0 Å². The normalized spacial score (nSPS) is 10.3. The Balaban J connectivity index is 2.88. The minimum absolute atomic E-state index is 0.0763. The highest BCUT2D eigenvalue weighted by Crippen LogP contribution is 2.17. The molecule has 0 bridgehead atoms. The highest BCUT2D eigenvalue weighted by Gasteiger charge is 2.11. The van der Waals surface area contributed by atoms with Gasteiger partial charge >= 0.3 is 0 Å². The Labute approximate surface area is 84.3 Å². The molecule has 0 aliphatic rings. The number of nitrogens with zero attached hydrogens (tertiary/aromatic N) is 1. The fourth-order valence-corrected chi connectivity index (χ4v) is 1.25. The van der Waals surface area contributed by atoms with E-state index >= 15 is 0 Å². The molecule has 3 nitrogen and oxygen atoms in total. The number of hydrogen-bond donors (Lipinski definition) is 0. The predicted molar refractivity (Wildman–Crippen MR) is 55.9 cm³/mol. The first kappa shape index (κ1) is 10.7. The second-order valence-electron chi connectivity index (χ2n) is 3.36. The summed E-state index contributed by atoms with van der Waals surface area (Å²) in [7, 11) is 5.31. The van der Waals surface area contributed by atoms with Crippen molar-refractivity contribution in [2.75, 3.05) is 27.7 Å². The number of ether oxygens (including phenoxy) is 1. The van der Waals surface area contributed by atoms with E-state index in [0.717, 1.165) is 0 Å². The average molecular weight is 193 g/mol. The average Bonchev–Trinajstić information content (AvgIpc) is 2.16. The molecule has 0 aromatic heterocycles. The monoisotopic (exact) mass is 193 g/mol. The number of methoxy groups -OCH3 is 1. The van der Waals surface area contributed by atoms with E-state index in [2.05, 4.69) is 0 Å². The van der Waals surface area contributed by atoms with Gasteiger partial charge in [0, 0.05) is 0 Å². The Morgan fingerprint density at radius 2 is 2.00 bits per heavy atom. The first-order valence-electron chi connectivity index (χ1n) is 4.46. The fourth-order valence-electron chi connectivity index (χ4n) is 1.25. The van der Waals surface area contributed by atoms with Crippen molar-refractivity contribution in [3.05, 3.63) is 29.8 Å². The van der Waals surface area contributed by atoms with Crippen molar-refractivity contribution < 1.29 is 9.53 Å². The third-order valence-electron chi connectivity index (χ3n) is 1.87. The summed E-state index contributed by atoms with van der Waals surface area (Å²) in [6.45, 7) is 0.403. The van der Waals surface area contributed by atoms with E-state index in [0.29, 0.717) is 17.9 Å². The first-order chi connectivity index (χ1) is 6.65. The molecule has 0 aliphatic heterocycles. The summed E-state index contributed by atoms with van der Waals surface area (Å²) in [5.41, 5.74) is 0.642. The number of hydrogen-bond acceptors (Lipinski definition) is 3. The summed E-state index contributed by atoms with van der Waals surface area (Å²) >= 11 is 0. The fraction of sp³-hybridized carbons (Fsp3) is 0.364. The number of ketones is 1. The molecule has 0 fully saturated rings. The van der Waals surface area contributed by atoms with Gasteiger partial charge in [-0.15, -0.1) is 0 Å². The number of para-hydroxylation sites is 1. The minimum atomic E-state index is 0.0763. The van der Waals surface area contributed by atoms with Crippen LogP contribution in [0.25, 0.3) is 0 Å². The van der Waals surface area contributed by atoms with E-state index < -0.39 is 0 Å². The Morgan fingerprint density at radius 3 is 2.57 bits per heavy atom. The van der Waals surface area contributed by atoms with Gasteiger partial charge in [-0.25, -0.2) is 0 Å². The maximum Gasteiger partial charge on any atom is 0.180 e. The number of carbonyl (C=O) groups excluding carboxylic acids is 1. The summed E-state index contributed by atoms with van der Waals surface area (Å²) in [5.74, 6) is 0.715. The lowest BCUT2D eigenvalue weighted by Gasteiger charge is -2.10. The van der Waals surface area contributed by atoms with Gasteiger partial charge in [-0.2, -0.15) is 0 Å². The summed E-state index contributed by atoms with van der Waals surface area (Å²) in [4.78, 5) is 13.6. The van der Waals surface area contributed by atoms with Gasteiger partial charge in [-0.3, -0.25) is 4.79 Å². The molecule has 0 heterocycles. The molecule has 0 atom stereocenters. The number of rotatable bonds is 4. The predicted octanol–water partition coefficient (Wildman–Crippen LogP) is 1.44. The van der Waals surface area contributed by atoms with Crippen molar-refractivity contribution in [1.29, 1.82) is 0 Å². The van der Waals surface area contributed by atoms with Crippen molar-refractivity contribution in [1.82, 2.24) is 4.90 Å². The van der Waals surface area contributed by atoms with Gasteiger partial charge in [-0.1, -0.05) is 12.1 Å². The molecule has 0 saturated heterocycles. The van der Waals surface area contributed by atoms with Gasteiger partial charge < -0.3 is 9.64 Å². The topological polar surface area (TPSA) is 29.5 Å². The van der Waals surface area contributed by atoms with Crippen molar-refractivity contribution in [2.24, 2.45) is 0 Å². The van der Waals surface area contributed by atoms with Crippen LogP contribution in [0, 0.1) is 0 Å². The second kappa shape index (κ2) is 4.77. The lowest BCUT2D eigenvalue weighted by atomic mass is 10.1. The Kier molecular flexibility index (Phi) is 3.65. The summed E-state index contributed by atoms with van der Waals surface area (Å²) in [6, 6.07) is 7.27. The molecule has 3 heteroatoms. The quantitative estimate of drug-likeness (QED) is 0.678. The van der Waals surface area contributed by atoms with Crippen LogP contribution >= 0.6 is 0 Å². The second-order valence-corrected chi connectivity index (χ2v) is 3.36. The van der Waals surface area contributed by atoms with Gasteiger partial charge in [0.15, 0.2) is 5.78 Å². The third-order valence-corrected chi connectivity index (χ3v) is 1.87. The maximum absolute atomic E-state index is 11.7. The summed E-state index contributed by atoms with van der Waals surface area (Å²) in [6.07, 6.45) is 0. The van der Waals surface area contributed by atoms with E-state index in [1.54, 1.807) is 19.2 Å². The smallest absolute Gasteiger partial charge is 0.180 e. The molecule has 0 saturated carbocycles. The zero-order valence-corrected chi connectivity index (χ0v) is 8.78. The lowest BCUT2D eigenvalue weighted by Crippen LogP contribution is -2.22. The van der Waals surface area contributed by atoms with Crippen LogP contribution in [-0.4, -0.2) is 38.4 Å². The van der Waals surface area contributed by atoms with Crippen molar-refractivity contribution in [3.63, 3.8) is 0 Å². The summed E-state index contributed by atoms with van der Waals surface area (Å²) < 4.78 is 5.11. The van der Waals surface area contributed by atoms with Crippen LogP contribution in [0.1, 0.15) is 10.4 Å². The molecule has 1 aromatic carbocycles. The molecule has 0 radical (unpaired) electrons. The molecule has 1 aromatic rings. The van der Waals surface area contributed by atoms with E-state index in [1.807, 2.05) is 31.1 Å². The van der Waals surface area contributed by atoms with Crippen LogP contribution in [0.2, 0.25) is 0 Å². The molecule has 0 N–H and O–H groups in total. The van der Waals surface area contributed by atoms with Crippen molar-refractivity contribution in [3.8, 4) is 5.75 Å². The number of likely N-dealkylation sites (N-methyl/N-ethyl adjacent to an activating group) is 1. The highest BCUT2D eigenvalue weighted by molar-refractivity contribution is 6.00. The van der Waals surface area contributed by atoms with Crippen LogP contribution in [0.4, 0.5) is 0 Å².